The lowest BCUT2D eigenvalue weighted by Crippen LogP contribution is -2.27. The van der Waals surface area contributed by atoms with E-state index in [1.165, 1.54) is 54.7 Å². The number of nitrogens with zero attached hydrogens (tertiary/aromatic N) is 5. The molecule has 0 spiro atoms. The van der Waals surface area contributed by atoms with E-state index in [2.05, 4.69) is 143 Å². The minimum atomic E-state index is -0.362. The summed E-state index contributed by atoms with van der Waals surface area (Å²) in [5.41, 5.74) is 13.4. The zero-order chi connectivity index (χ0) is 35.1. The normalized spacial score (nSPS) is 12.9. The molecular formula is C47H31N5. The quantitative estimate of drug-likeness (QED) is 0.188. The monoisotopic (exact) mass is 665 g/mol. The van der Waals surface area contributed by atoms with E-state index in [9.17, 15) is 10.5 Å². The van der Waals surface area contributed by atoms with Crippen LogP contribution in [-0.2, 0) is 5.41 Å². The number of anilines is 3. The highest BCUT2D eigenvalue weighted by Gasteiger charge is 2.37. The van der Waals surface area contributed by atoms with E-state index in [0.717, 1.165) is 28.4 Å². The minimum absolute atomic E-state index is 0.362. The number of hydrogen-bond donors (Lipinski definition) is 0. The Hall–Kier alpha value is -7.08. The van der Waals surface area contributed by atoms with Crippen molar-refractivity contribution in [2.24, 2.45) is 0 Å². The fourth-order valence-electron chi connectivity index (χ4n) is 8.50. The molecule has 0 radical (unpaired) electrons. The van der Waals surface area contributed by atoms with Crippen molar-refractivity contribution in [2.75, 3.05) is 4.90 Å². The average molecular weight is 666 g/mol. The molecule has 5 nitrogen and oxygen atoms in total. The molecule has 0 saturated heterocycles. The standard InChI is InChI=1S/C47H31N5/c1-47(2)39-26-35(50(33-20-16-30(28-48)17-21-33)34-22-18-31(29-49)19-23-34)24-25-43(39)52-42-15-9-7-13-37(42)44-45-38(27-40(47)46(44)52)36-12-6-8-14-41(36)51(45)32-10-4-3-5-11-32/h3-27H,1-2H3. The lowest BCUT2D eigenvalue weighted by atomic mass is 9.74. The largest absolute Gasteiger partial charge is 0.310 e. The molecule has 52 heavy (non-hydrogen) atoms. The lowest BCUT2D eigenvalue weighted by Gasteiger charge is -2.36. The summed E-state index contributed by atoms with van der Waals surface area (Å²) in [5, 5.41) is 24.0. The number of benzene rings is 7. The second-order valence-corrected chi connectivity index (χ2v) is 14.1. The molecule has 1 aliphatic heterocycles. The summed E-state index contributed by atoms with van der Waals surface area (Å²) in [6, 6.07) is 57.3. The molecule has 1 aliphatic rings. The molecule has 0 fully saturated rings. The molecule has 0 bridgehead atoms. The first kappa shape index (κ1) is 29.8. The van der Waals surface area contributed by atoms with Crippen molar-refractivity contribution in [1.29, 1.82) is 10.5 Å². The van der Waals surface area contributed by atoms with Gasteiger partial charge in [0.1, 0.15) is 0 Å². The Bertz CT molecular complexity index is 2930. The molecule has 3 heterocycles. The van der Waals surface area contributed by atoms with Crippen LogP contribution in [0.2, 0.25) is 0 Å². The summed E-state index contributed by atoms with van der Waals surface area (Å²) in [5.74, 6) is 0. The molecule has 0 saturated carbocycles. The number of aromatic nitrogens is 2. The molecule has 7 aromatic carbocycles. The van der Waals surface area contributed by atoms with Crippen LogP contribution in [0.5, 0.6) is 0 Å². The Morgan fingerprint density at radius 3 is 1.69 bits per heavy atom. The molecule has 0 unspecified atom stereocenters. The maximum atomic E-state index is 9.53. The Morgan fingerprint density at radius 1 is 0.500 bits per heavy atom. The SMILES string of the molecule is CC1(C)c2cc(N(c3ccc(C#N)cc3)c3ccc(C#N)cc3)ccc2-n2c3ccccc3c3c2c1cc1c2ccccc2n(-c2ccccc2)c13. The van der Waals surface area contributed by atoms with Crippen LogP contribution in [0, 0.1) is 22.7 Å². The van der Waals surface area contributed by atoms with Gasteiger partial charge in [-0.2, -0.15) is 10.5 Å². The topological polar surface area (TPSA) is 60.7 Å². The van der Waals surface area contributed by atoms with Crippen LogP contribution in [0.3, 0.4) is 0 Å². The molecule has 0 N–H and O–H groups in total. The first-order valence-electron chi connectivity index (χ1n) is 17.5. The lowest BCUT2D eigenvalue weighted by molar-refractivity contribution is 0.631. The highest BCUT2D eigenvalue weighted by molar-refractivity contribution is 6.27. The molecule has 0 atom stereocenters. The fourth-order valence-corrected chi connectivity index (χ4v) is 8.50. The molecular weight excluding hydrogens is 635 g/mol. The van der Waals surface area contributed by atoms with Crippen molar-refractivity contribution >= 4 is 60.7 Å². The summed E-state index contributed by atoms with van der Waals surface area (Å²) >= 11 is 0. The van der Waals surface area contributed by atoms with Gasteiger partial charge in [0.05, 0.1) is 51.0 Å². The Morgan fingerprint density at radius 2 is 1.06 bits per heavy atom. The molecule has 10 rings (SSSR count). The van der Waals surface area contributed by atoms with Gasteiger partial charge in [0.2, 0.25) is 0 Å². The predicted molar refractivity (Wildman–Crippen MR) is 211 cm³/mol. The van der Waals surface area contributed by atoms with Crippen molar-refractivity contribution in [3.05, 3.63) is 174 Å². The highest BCUT2D eigenvalue weighted by Crippen LogP contribution is 2.52. The van der Waals surface area contributed by atoms with E-state index in [1.54, 1.807) is 0 Å². The third-order valence-corrected chi connectivity index (χ3v) is 10.9. The molecule has 0 aliphatic carbocycles. The number of rotatable bonds is 4. The summed E-state index contributed by atoms with van der Waals surface area (Å²) in [6.07, 6.45) is 0. The van der Waals surface area contributed by atoms with Crippen molar-refractivity contribution in [1.82, 2.24) is 9.13 Å². The van der Waals surface area contributed by atoms with Crippen LogP contribution < -0.4 is 4.90 Å². The number of fused-ring (bicyclic) bond motifs is 9. The first-order valence-corrected chi connectivity index (χ1v) is 17.5. The maximum Gasteiger partial charge on any atom is 0.0991 e. The van der Waals surface area contributed by atoms with Crippen molar-refractivity contribution in [3.63, 3.8) is 0 Å². The van der Waals surface area contributed by atoms with Crippen LogP contribution >= 0.6 is 0 Å². The zero-order valence-electron chi connectivity index (χ0n) is 28.7. The minimum Gasteiger partial charge on any atom is -0.310 e. The molecule has 0 amide bonds. The molecule has 5 heteroatoms. The summed E-state index contributed by atoms with van der Waals surface area (Å²) in [4.78, 5) is 2.20. The van der Waals surface area contributed by atoms with Crippen LogP contribution in [0.1, 0.15) is 36.1 Å². The Kier molecular flexibility index (Phi) is 6.28. The van der Waals surface area contributed by atoms with Crippen LogP contribution in [0.4, 0.5) is 17.1 Å². The fraction of sp³-hybridized carbons (Fsp3) is 0.0638. The van der Waals surface area contributed by atoms with Gasteiger partial charge in [-0.3, -0.25) is 0 Å². The van der Waals surface area contributed by atoms with Crippen LogP contribution in [0.15, 0.2) is 152 Å². The Labute approximate surface area is 301 Å². The molecule has 9 aromatic rings. The number of hydrogen-bond acceptors (Lipinski definition) is 3. The van der Waals surface area contributed by atoms with Gasteiger partial charge in [-0.05, 0) is 108 Å². The van der Waals surface area contributed by atoms with Gasteiger partial charge in [-0.25, -0.2) is 0 Å². The summed E-state index contributed by atoms with van der Waals surface area (Å²) < 4.78 is 4.92. The van der Waals surface area contributed by atoms with E-state index >= 15 is 0 Å². The number of para-hydroxylation sites is 3. The van der Waals surface area contributed by atoms with Crippen LogP contribution in [0.25, 0.3) is 55.0 Å². The Balaban J connectivity index is 1.29. The zero-order valence-corrected chi connectivity index (χ0v) is 28.7. The highest BCUT2D eigenvalue weighted by atomic mass is 15.1. The second kappa shape index (κ2) is 11.0. The van der Waals surface area contributed by atoms with E-state index in [4.69, 9.17) is 0 Å². The van der Waals surface area contributed by atoms with Crippen LogP contribution in [-0.4, -0.2) is 9.13 Å². The van der Waals surface area contributed by atoms with Crippen molar-refractivity contribution in [2.45, 2.75) is 19.3 Å². The second-order valence-electron chi connectivity index (χ2n) is 14.1. The van der Waals surface area contributed by atoms with Gasteiger partial charge < -0.3 is 14.0 Å². The van der Waals surface area contributed by atoms with E-state index < -0.39 is 0 Å². The van der Waals surface area contributed by atoms with E-state index in [1.807, 2.05) is 48.5 Å². The van der Waals surface area contributed by atoms with Gasteiger partial charge in [-0.15, -0.1) is 0 Å². The van der Waals surface area contributed by atoms with E-state index in [-0.39, 0.29) is 5.41 Å². The smallest absolute Gasteiger partial charge is 0.0991 e. The van der Waals surface area contributed by atoms with Gasteiger partial charge >= 0.3 is 0 Å². The third-order valence-electron chi connectivity index (χ3n) is 10.9. The maximum absolute atomic E-state index is 9.53. The van der Waals surface area contributed by atoms with Gasteiger partial charge in [0, 0.05) is 49.7 Å². The van der Waals surface area contributed by atoms with E-state index in [0.29, 0.717) is 11.1 Å². The van der Waals surface area contributed by atoms with Gasteiger partial charge in [0.25, 0.3) is 0 Å². The third kappa shape index (κ3) is 4.08. The molecule has 244 valence electrons. The predicted octanol–water partition coefficient (Wildman–Crippen LogP) is 11.7. The number of nitriles is 2. The van der Waals surface area contributed by atoms with Crippen molar-refractivity contribution < 1.29 is 0 Å². The van der Waals surface area contributed by atoms with Crippen molar-refractivity contribution in [3.8, 4) is 23.5 Å². The first-order chi connectivity index (χ1) is 25.5. The van der Waals surface area contributed by atoms with Gasteiger partial charge in [-0.1, -0.05) is 68.4 Å². The summed E-state index contributed by atoms with van der Waals surface area (Å²) in [6.45, 7) is 4.70. The average Bonchev–Trinajstić information content (AvgIpc) is 3.71. The summed E-state index contributed by atoms with van der Waals surface area (Å²) in [7, 11) is 0. The van der Waals surface area contributed by atoms with Gasteiger partial charge in [0.15, 0.2) is 0 Å². The molecule has 2 aromatic heterocycles.